The first-order chi connectivity index (χ1) is 23.4. The molecule has 0 amide bonds. The lowest BCUT2D eigenvalue weighted by molar-refractivity contribution is -0.190. The maximum absolute atomic E-state index is 13.3. The van der Waals surface area contributed by atoms with Gasteiger partial charge in [0.15, 0.2) is 11.5 Å². The number of esters is 2. The number of ether oxygens (including phenoxy) is 4. The van der Waals surface area contributed by atoms with E-state index in [0.717, 1.165) is 25.9 Å². The number of hydrogen-bond acceptors (Lipinski definition) is 10. The summed E-state index contributed by atoms with van der Waals surface area (Å²) in [5.74, 6) is -9.84. The molecule has 3 aromatic carbocycles. The average Bonchev–Trinajstić information content (AvgIpc) is 3.05. The number of nitrogen functional groups attached to an aromatic ring is 1. The van der Waals surface area contributed by atoms with Gasteiger partial charge in [-0.15, -0.1) is 0 Å². The van der Waals surface area contributed by atoms with Crippen molar-refractivity contribution in [2.75, 3.05) is 19.7 Å². The lowest BCUT2D eigenvalue weighted by Crippen LogP contribution is -2.40. The summed E-state index contributed by atoms with van der Waals surface area (Å²) in [6.45, 7) is 0.721. The Hall–Kier alpha value is -4.88. The number of benzene rings is 3. The minimum Gasteiger partial charge on any atom is -0.490 e. The smallest absolute Gasteiger partial charge is 0.490 e. The number of amidine groups is 1. The van der Waals surface area contributed by atoms with E-state index in [-0.39, 0.29) is 17.4 Å². The summed E-state index contributed by atoms with van der Waals surface area (Å²) in [6, 6.07) is 13.5. The van der Waals surface area contributed by atoms with Gasteiger partial charge in [-0.1, -0.05) is 30.3 Å². The molecule has 0 aliphatic carbocycles. The zero-order valence-electron chi connectivity index (χ0n) is 25.8. The molecule has 1 saturated heterocycles. The highest BCUT2D eigenvalue weighted by Crippen LogP contribution is 2.42. The van der Waals surface area contributed by atoms with Crippen molar-refractivity contribution in [1.82, 2.24) is 10.0 Å². The molecule has 3 aromatic rings. The highest BCUT2D eigenvalue weighted by molar-refractivity contribution is 7.89. The van der Waals surface area contributed by atoms with Crippen LogP contribution in [0.1, 0.15) is 24.0 Å². The lowest BCUT2D eigenvalue weighted by atomic mass is 10.1. The van der Waals surface area contributed by atoms with E-state index in [1.807, 2.05) is 0 Å². The number of piperidine rings is 1. The topological polar surface area (TPSA) is 179 Å². The van der Waals surface area contributed by atoms with Crippen LogP contribution in [0.15, 0.2) is 71.6 Å². The summed E-state index contributed by atoms with van der Waals surface area (Å²) in [5.41, 5.74) is 5.17. The maximum atomic E-state index is 13.3. The molecule has 0 saturated carbocycles. The van der Waals surface area contributed by atoms with Gasteiger partial charge in [-0.2, -0.15) is 26.3 Å². The Labute approximate surface area is 281 Å². The molecule has 0 radical (unpaired) electrons. The van der Waals surface area contributed by atoms with E-state index in [0.29, 0.717) is 23.4 Å². The van der Waals surface area contributed by atoms with E-state index in [2.05, 4.69) is 19.5 Å². The van der Waals surface area contributed by atoms with Crippen molar-refractivity contribution in [2.24, 2.45) is 5.73 Å². The lowest BCUT2D eigenvalue weighted by Gasteiger charge is -2.24. The Morgan fingerprint density at radius 2 is 1.48 bits per heavy atom. The molecule has 0 unspecified atom stereocenters. The van der Waals surface area contributed by atoms with E-state index in [4.69, 9.17) is 20.6 Å². The van der Waals surface area contributed by atoms with E-state index < -0.39 is 75.6 Å². The summed E-state index contributed by atoms with van der Waals surface area (Å²) in [4.78, 5) is 23.4. The zero-order chi connectivity index (χ0) is 36.7. The van der Waals surface area contributed by atoms with Gasteiger partial charge in [-0.05, 0) is 74.3 Å². The molecule has 1 heterocycles. The predicted molar refractivity (Wildman–Crippen MR) is 164 cm³/mol. The number of carbonyl (C=O) groups is 2. The van der Waals surface area contributed by atoms with E-state index >= 15 is 0 Å². The molecule has 0 aromatic heterocycles. The van der Waals surface area contributed by atoms with Crippen molar-refractivity contribution >= 4 is 27.8 Å². The van der Waals surface area contributed by atoms with Crippen LogP contribution in [0.5, 0.6) is 23.0 Å². The molecular formula is C31H30F6N4O8S. The number of carbonyl (C=O) groups excluding carboxylic acids is 2. The molecule has 0 spiro atoms. The second-order valence-electron chi connectivity index (χ2n) is 10.8. The summed E-state index contributed by atoms with van der Waals surface area (Å²) in [6.07, 6.45) is -9.84. The van der Waals surface area contributed by atoms with Crippen LogP contribution < -0.4 is 34.7 Å². The van der Waals surface area contributed by atoms with Gasteiger partial charge >= 0.3 is 24.3 Å². The molecule has 1 atom stereocenters. The van der Waals surface area contributed by atoms with E-state index in [1.54, 1.807) is 30.3 Å². The molecule has 1 fully saturated rings. The van der Waals surface area contributed by atoms with Gasteiger partial charge in [0, 0.05) is 0 Å². The normalized spacial score (nSPS) is 14.8. The second kappa shape index (κ2) is 15.8. The third kappa shape index (κ3) is 10.3. The fraction of sp³-hybridized carbons (Fsp3) is 0.323. The van der Waals surface area contributed by atoms with Gasteiger partial charge in [0.1, 0.15) is 24.3 Å². The number of alkyl halides is 6. The average molecular weight is 733 g/mol. The van der Waals surface area contributed by atoms with Crippen molar-refractivity contribution in [3.05, 3.63) is 77.9 Å². The Morgan fingerprint density at radius 1 is 0.880 bits per heavy atom. The van der Waals surface area contributed by atoms with Crippen LogP contribution in [-0.2, 0) is 26.0 Å². The first-order valence-corrected chi connectivity index (χ1v) is 16.2. The minimum absolute atomic E-state index is 0.0204. The van der Waals surface area contributed by atoms with Crippen molar-refractivity contribution in [1.29, 1.82) is 5.41 Å². The molecule has 0 bridgehead atoms. The molecule has 1 aliphatic rings. The van der Waals surface area contributed by atoms with Gasteiger partial charge in [0.2, 0.25) is 15.8 Å². The third-order valence-corrected chi connectivity index (χ3v) is 8.56. The summed E-state index contributed by atoms with van der Waals surface area (Å²) in [5, 5.41) is 10.9. The summed E-state index contributed by atoms with van der Waals surface area (Å²) < 4.78 is 128. The number of sulfonamides is 1. The van der Waals surface area contributed by atoms with E-state index in [1.165, 1.54) is 24.3 Å². The number of hydrogen-bond donors (Lipinski definition) is 4. The molecule has 1 aliphatic heterocycles. The van der Waals surface area contributed by atoms with Crippen molar-refractivity contribution in [2.45, 2.75) is 48.7 Å². The molecule has 5 N–H and O–H groups in total. The maximum Gasteiger partial charge on any atom is 0.491 e. The van der Waals surface area contributed by atoms with Gasteiger partial charge < -0.3 is 30.0 Å². The molecule has 50 heavy (non-hydrogen) atoms. The standard InChI is InChI=1S/C31H30F6N4O8S/c32-30(33,34)28(42)48-24-11-10-23(27(38)39)25(49-29(43)31(35,36)37)26(24)46-17-19(41-50(44,45)22-4-2-1-3-5-22)16-18-6-8-20(9-7-18)47-21-12-14-40-15-13-21/h1-11,19,21,40-41H,12-17H2,(H3,38,39)/t19-/m1/s1. The first kappa shape index (κ1) is 37.9. The number of halogens is 6. The van der Waals surface area contributed by atoms with Crippen LogP contribution in [0.4, 0.5) is 26.3 Å². The molecule has 19 heteroatoms. The van der Waals surface area contributed by atoms with Crippen LogP contribution in [0.3, 0.4) is 0 Å². The second-order valence-corrected chi connectivity index (χ2v) is 12.5. The summed E-state index contributed by atoms with van der Waals surface area (Å²) >= 11 is 0. The Morgan fingerprint density at radius 3 is 2.06 bits per heavy atom. The highest BCUT2D eigenvalue weighted by Gasteiger charge is 2.44. The van der Waals surface area contributed by atoms with E-state index in [9.17, 15) is 44.3 Å². The van der Waals surface area contributed by atoms with Gasteiger partial charge in [0.05, 0.1) is 16.5 Å². The Balaban J connectivity index is 1.70. The van der Waals surface area contributed by atoms with Gasteiger partial charge in [-0.3, -0.25) is 5.41 Å². The van der Waals surface area contributed by atoms with Crippen LogP contribution in [0.25, 0.3) is 0 Å². The van der Waals surface area contributed by atoms with Crippen LogP contribution in [0.2, 0.25) is 0 Å². The predicted octanol–water partition coefficient (Wildman–Crippen LogP) is 4.01. The minimum atomic E-state index is -5.64. The number of nitrogens with one attached hydrogen (secondary N) is 3. The fourth-order valence-corrected chi connectivity index (χ4v) is 5.93. The third-order valence-electron chi connectivity index (χ3n) is 7.03. The summed E-state index contributed by atoms with van der Waals surface area (Å²) in [7, 11) is -4.31. The largest absolute Gasteiger partial charge is 0.491 e. The SMILES string of the molecule is N=C(N)c1ccc(OC(=O)C(F)(F)F)c(OC[C@@H](Cc2ccc(OC3CCNCC3)cc2)NS(=O)(=O)c2ccccc2)c1OC(=O)C(F)(F)F. The zero-order valence-corrected chi connectivity index (χ0v) is 26.6. The van der Waals surface area contributed by atoms with Gasteiger partial charge in [0.25, 0.3) is 0 Å². The molecule has 270 valence electrons. The monoisotopic (exact) mass is 732 g/mol. The Bertz CT molecular complexity index is 1780. The molecular weight excluding hydrogens is 702 g/mol. The van der Waals surface area contributed by atoms with Crippen LogP contribution in [0, 0.1) is 5.41 Å². The number of rotatable bonds is 13. The highest BCUT2D eigenvalue weighted by atomic mass is 32.2. The van der Waals surface area contributed by atoms with Crippen LogP contribution >= 0.6 is 0 Å². The molecule has 12 nitrogen and oxygen atoms in total. The fourth-order valence-electron chi connectivity index (χ4n) is 4.68. The first-order valence-electron chi connectivity index (χ1n) is 14.7. The quantitative estimate of drug-likeness (QED) is 0.0660. The van der Waals surface area contributed by atoms with Crippen molar-refractivity contribution < 1.29 is 63.3 Å². The van der Waals surface area contributed by atoms with Crippen molar-refractivity contribution in [3.8, 4) is 23.0 Å². The van der Waals surface area contributed by atoms with Gasteiger partial charge in [-0.25, -0.2) is 22.7 Å². The Kier molecular flexibility index (Phi) is 12.0. The number of nitrogens with two attached hydrogens (primary N) is 1. The van der Waals surface area contributed by atoms with Crippen molar-refractivity contribution in [3.63, 3.8) is 0 Å². The van der Waals surface area contributed by atoms with Crippen LogP contribution in [-0.4, -0.2) is 70.4 Å². The molecule has 4 rings (SSSR count).